The number of aryl methyl sites for hydroxylation is 1. The van der Waals surface area contributed by atoms with Crippen molar-refractivity contribution in [3.05, 3.63) is 57.9 Å². The summed E-state index contributed by atoms with van der Waals surface area (Å²) in [5, 5.41) is 8.84. The fourth-order valence-corrected chi connectivity index (χ4v) is 1.60. The van der Waals surface area contributed by atoms with Gasteiger partial charge in [0.15, 0.2) is 0 Å². The molecule has 0 fully saturated rings. The summed E-state index contributed by atoms with van der Waals surface area (Å²) < 4.78 is 6.62. The topological polar surface area (TPSA) is 72.4 Å². The van der Waals surface area contributed by atoms with Gasteiger partial charge in [-0.05, 0) is 19.1 Å². The van der Waals surface area contributed by atoms with Crippen molar-refractivity contribution >= 4 is 5.97 Å². The number of aromatic carboxylic acids is 1. The molecule has 2 aromatic rings. The van der Waals surface area contributed by atoms with Crippen molar-refractivity contribution in [1.82, 2.24) is 4.57 Å². The summed E-state index contributed by atoms with van der Waals surface area (Å²) in [5.41, 5.74) is 0.398. The molecule has 2 aromatic heterocycles. The zero-order chi connectivity index (χ0) is 12.4. The normalized spacial score (nSPS) is 10.4. The van der Waals surface area contributed by atoms with Crippen LogP contribution in [-0.2, 0) is 6.54 Å². The lowest BCUT2D eigenvalue weighted by molar-refractivity contribution is 0.0659. The zero-order valence-corrected chi connectivity index (χ0v) is 9.21. The first-order valence-electron chi connectivity index (χ1n) is 5.06. The van der Waals surface area contributed by atoms with Gasteiger partial charge in [-0.25, -0.2) is 4.79 Å². The number of rotatable bonds is 3. The van der Waals surface area contributed by atoms with Crippen molar-refractivity contribution in [3.8, 4) is 0 Å². The summed E-state index contributed by atoms with van der Waals surface area (Å²) >= 11 is 0. The van der Waals surface area contributed by atoms with E-state index in [0.717, 1.165) is 0 Å². The number of nitrogens with zero attached hydrogens (tertiary/aromatic N) is 1. The maximum Gasteiger partial charge on any atom is 0.372 e. The molecule has 17 heavy (non-hydrogen) atoms. The van der Waals surface area contributed by atoms with Crippen molar-refractivity contribution in [1.29, 1.82) is 0 Å². The molecule has 1 N–H and O–H groups in total. The molecule has 0 aromatic carbocycles. The van der Waals surface area contributed by atoms with E-state index in [1.807, 2.05) is 0 Å². The summed E-state index contributed by atoms with van der Waals surface area (Å²) in [4.78, 5) is 22.2. The van der Waals surface area contributed by atoms with Crippen LogP contribution in [0.4, 0.5) is 0 Å². The number of hydrogen-bond donors (Lipinski definition) is 1. The molecule has 0 saturated heterocycles. The summed E-state index contributed by atoms with van der Waals surface area (Å²) in [6.07, 6.45) is 1.63. The smallest absolute Gasteiger partial charge is 0.372 e. The van der Waals surface area contributed by atoms with E-state index < -0.39 is 5.97 Å². The molecule has 0 unspecified atom stereocenters. The molecule has 0 saturated carbocycles. The Kier molecular flexibility index (Phi) is 2.82. The fraction of sp³-hybridized carbons (Fsp3) is 0.167. The van der Waals surface area contributed by atoms with E-state index >= 15 is 0 Å². The van der Waals surface area contributed by atoms with Gasteiger partial charge in [-0.2, -0.15) is 0 Å². The van der Waals surface area contributed by atoms with Crippen LogP contribution in [0.1, 0.15) is 21.9 Å². The van der Waals surface area contributed by atoms with Crippen molar-refractivity contribution in [2.75, 3.05) is 0 Å². The molecule has 0 bridgehead atoms. The van der Waals surface area contributed by atoms with Crippen LogP contribution in [0.3, 0.4) is 0 Å². The van der Waals surface area contributed by atoms with Gasteiger partial charge in [0.2, 0.25) is 5.76 Å². The Balaban J connectivity index is 2.32. The molecule has 5 heteroatoms. The Bertz CT molecular complexity index is 609. The Labute approximate surface area is 96.9 Å². The third kappa shape index (κ3) is 2.28. The van der Waals surface area contributed by atoms with Gasteiger partial charge in [0.25, 0.3) is 5.56 Å². The monoisotopic (exact) mass is 233 g/mol. The van der Waals surface area contributed by atoms with Crippen LogP contribution in [0.2, 0.25) is 0 Å². The Hall–Kier alpha value is -2.30. The van der Waals surface area contributed by atoms with Crippen molar-refractivity contribution < 1.29 is 14.3 Å². The van der Waals surface area contributed by atoms with Crippen LogP contribution in [0.25, 0.3) is 0 Å². The minimum atomic E-state index is -1.10. The van der Waals surface area contributed by atoms with E-state index in [4.69, 9.17) is 9.52 Å². The Morgan fingerprint density at radius 1 is 1.47 bits per heavy atom. The number of carboxylic acid groups (broad SMARTS) is 1. The van der Waals surface area contributed by atoms with Crippen LogP contribution < -0.4 is 5.56 Å². The first kappa shape index (κ1) is 11.2. The molecule has 0 amide bonds. The number of furan rings is 1. The summed E-state index contributed by atoms with van der Waals surface area (Å²) in [7, 11) is 0. The SMILES string of the molecule is Cc1cc(Cn2ccccc2=O)oc1C(=O)O. The lowest BCUT2D eigenvalue weighted by Gasteiger charge is -2.00. The molecule has 0 aliphatic carbocycles. The van der Waals surface area contributed by atoms with E-state index in [2.05, 4.69) is 0 Å². The molecule has 0 atom stereocenters. The number of pyridine rings is 1. The minimum Gasteiger partial charge on any atom is -0.475 e. The highest BCUT2D eigenvalue weighted by Crippen LogP contribution is 2.15. The van der Waals surface area contributed by atoms with Gasteiger partial charge in [0.05, 0.1) is 6.54 Å². The standard InChI is InChI=1S/C12H11NO4/c1-8-6-9(17-11(8)12(15)16)7-13-5-3-2-4-10(13)14/h2-6H,7H2,1H3,(H,15,16). The predicted molar refractivity (Wildman–Crippen MR) is 60.2 cm³/mol. The summed E-state index contributed by atoms with van der Waals surface area (Å²) in [6.45, 7) is 1.89. The maximum absolute atomic E-state index is 11.5. The van der Waals surface area contributed by atoms with Crippen LogP contribution in [0, 0.1) is 6.92 Å². The van der Waals surface area contributed by atoms with Crippen LogP contribution in [-0.4, -0.2) is 15.6 Å². The number of carbonyl (C=O) groups is 1. The van der Waals surface area contributed by atoms with Gasteiger partial charge < -0.3 is 14.1 Å². The van der Waals surface area contributed by atoms with Gasteiger partial charge in [0, 0.05) is 17.8 Å². The fourth-order valence-electron chi connectivity index (χ4n) is 1.60. The lowest BCUT2D eigenvalue weighted by Crippen LogP contribution is -2.17. The van der Waals surface area contributed by atoms with Crippen molar-refractivity contribution in [3.63, 3.8) is 0 Å². The highest BCUT2D eigenvalue weighted by atomic mass is 16.4. The first-order chi connectivity index (χ1) is 8.08. The van der Waals surface area contributed by atoms with E-state index in [-0.39, 0.29) is 17.9 Å². The largest absolute Gasteiger partial charge is 0.475 e. The highest BCUT2D eigenvalue weighted by Gasteiger charge is 2.14. The molecular formula is C12H11NO4. The van der Waals surface area contributed by atoms with Gasteiger partial charge in [-0.15, -0.1) is 0 Å². The van der Waals surface area contributed by atoms with Gasteiger partial charge >= 0.3 is 5.97 Å². The average molecular weight is 233 g/mol. The van der Waals surface area contributed by atoms with Gasteiger partial charge in [-0.1, -0.05) is 6.07 Å². The van der Waals surface area contributed by atoms with Gasteiger partial charge in [-0.3, -0.25) is 4.79 Å². The van der Waals surface area contributed by atoms with Crippen molar-refractivity contribution in [2.24, 2.45) is 0 Å². The van der Waals surface area contributed by atoms with Crippen LogP contribution in [0.15, 0.2) is 39.7 Å². The first-order valence-corrected chi connectivity index (χ1v) is 5.06. The second-order valence-electron chi connectivity index (χ2n) is 3.70. The molecule has 0 spiro atoms. The molecule has 0 radical (unpaired) electrons. The molecular weight excluding hydrogens is 222 g/mol. The molecule has 2 rings (SSSR count). The molecule has 88 valence electrons. The Morgan fingerprint density at radius 3 is 2.82 bits per heavy atom. The minimum absolute atomic E-state index is 0.0796. The Morgan fingerprint density at radius 2 is 2.24 bits per heavy atom. The van der Waals surface area contributed by atoms with E-state index in [1.54, 1.807) is 31.3 Å². The van der Waals surface area contributed by atoms with E-state index in [1.165, 1.54) is 10.6 Å². The molecule has 0 aliphatic rings. The number of hydrogen-bond acceptors (Lipinski definition) is 3. The second kappa shape index (κ2) is 4.29. The predicted octanol–water partition coefficient (Wildman–Crippen LogP) is 1.50. The molecule has 2 heterocycles. The van der Waals surface area contributed by atoms with Gasteiger partial charge in [0.1, 0.15) is 5.76 Å². The maximum atomic E-state index is 11.5. The third-order valence-electron chi connectivity index (χ3n) is 2.39. The highest BCUT2D eigenvalue weighted by molar-refractivity contribution is 5.86. The summed E-state index contributed by atoms with van der Waals surface area (Å²) in [6, 6.07) is 6.45. The molecule has 5 nitrogen and oxygen atoms in total. The van der Waals surface area contributed by atoms with Crippen LogP contribution >= 0.6 is 0 Å². The second-order valence-corrected chi connectivity index (χ2v) is 3.70. The van der Waals surface area contributed by atoms with E-state index in [0.29, 0.717) is 11.3 Å². The van der Waals surface area contributed by atoms with Crippen molar-refractivity contribution in [2.45, 2.75) is 13.5 Å². The van der Waals surface area contributed by atoms with Crippen LogP contribution in [0.5, 0.6) is 0 Å². The number of carboxylic acids is 1. The zero-order valence-electron chi connectivity index (χ0n) is 9.21. The average Bonchev–Trinajstić information content (AvgIpc) is 2.63. The third-order valence-corrected chi connectivity index (χ3v) is 2.39. The number of aromatic nitrogens is 1. The van der Waals surface area contributed by atoms with E-state index in [9.17, 15) is 9.59 Å². The summed E-state index contributed by atoms with van der Waals surface area (Å²) in [5.74, 6) is -0.730. The molecule has 0 aliphatic heterocycles. The quantitative estimate of drug-likeness (QED) is 0.871. The lowest BCUT2D eigenvalue weighted by atomic mass is 10.2.